The molecule has 1 aliphatic heterocycles. The minimum absolute atomic E-state index is 1.34. The van der Waals surface area contributed by atoms with Crippen LogP contribution >= 0.6 is 11.8 Å². The molecule has 17 heavy (non-hydrogen) atoms. The second kappa shape index (κ2) is 3.81. The van der Waals surface area contributed by atoms with E-state index in [1.165, 1.54) is 32.3 Å². The van der Waals surface area contributed by atoms with Crippen molar-refractivity contribution in [3.63, 3.8) is 0 Å². The Hall–Kier alpha value is -1.41. The van der Waals surface area contributed by atoms with Gasteiger partial charge >= 0.3 is 0 Å². The van der Waals surface area contributed by atoms with Crippen LogP contribution in [0.5, 0.6) is 0 Å². The largest absolute Gasteiger partial charge is 0.342 e. The van der Waals surface area contributed by atoms with Crippen molar-refractivity contribution in [3.8, 4) is 0 Å². The first kappa shape index (κ1) is 10.7. The smallest absolute Gasteiger partial charge is 0.0579 e. The molecule has 2 aromatic rings. The maximum absolute atomic E-state index is 2.33. The van der Waals surface area contributed by atoms with E-state index >= 15 is 0 Å². The standard InChI is InChI=1S/C15H15NS/c1-10-6-4-8-12-14(10)16(3)15-11(2)7-5-9-13(15)17-12/h4-9H,1-3H3. The van der Waals surface area contributed by atoms with Crippen LogP contribution in [-0.2, 0) is 0 Å². The zero-order chi connectivity index (χ0) is 12.0. The summed E-state index contributed by atoms with van der Waals surface area (Å²) in [5.74, 6) is 0. The number of aryl methyl sites for hydroxylation is 2. The van der Waals surface area contributed by atoms with E-state index < -0.39 is 0 Å². The van der Waals surface area contributed by atoms with Crippen LogP contribution in [0, 0.1) is 13.8 Å². The molecule has 0 saturated heterocycles. The van der Waals surface area contributed by atoms with E-state index in [0.717, 1.165) is 0 Å². The number of benzene rings is 2. The van der Waals surface area contributed by atoms with Crippen molar-refractivity contribution in [1.82, 2.24) is 0 Å². The molecule has 0 amide bonds. The number of hydrogen-bond acceptors (Lipinski definition) is 2. The number of fused-ring (bicyclic) bond motifs is 2. The molecular formula is C15H15NS. The van der Waals surface area contributed by atoms with Crippen molar-refractivity contribution in [1.29, 1.82) is 0 Å². The van der Waals surface area contributed by atoms with Crippen LogP contribution in [0.15, 0.2) is 46.2 Å². The van der Waals surface area contributed by atoms with Crippen LogP contribution < -0.4 is 4.90 Å². The van der Waals surface area contributed by atoms with E-state index in [9.17, 15) is 0 Å². The Morgan fingerprint density at radius 3 is 1.76 bits per heavy atom. The van der Waals surface area contributed by atoms with Crippen molar-refractivity contribution < 1.29 is 0 Å². The Morgan fingerprint density at radius 2 is 1.29 bits per heavy atom. The Labute approximate surface area is 106 Å². The molecule has 0 unspecified atom stereocenters. The SMILES string of the molecule is Cc1cccc2c1N(C)c1c(C)cccc1S2. The van der Waals surface area contributed by atoms with Gasteiger partial charge in [0, 0.05) is 16.8 Å². The van der Waals surface area contributed by atoms with Crippen LogP contribution in [0.4, 0.5) is 11.4 Å². The van der Waals surface area contributed by atoms with Gasteiger partial charge in [-0.15, -0.1) is 0 Å². The molecule has 2 heteroatoms. The number of para-hydroxylation sites is 2. The minimum atomic E-state index is 1.34. The second-order valence-electron chi connectivity index (χ2n) is 4.50. The molecule has 2 aromatic carbocycles. The van der Waals surface area contributed by atoms with Crippen LogP contribution in [0.1, 0.15) is 11.1 Å². The van der Waals surface area contributed by atoms with Gasteiger partial charge in [0.15, 0.2) is 0 Å². The van der Waals surface area contributed by atoms with Gasteiger partial charge < -0.3 is 4.90 Å². The normalized spacial score (nSPS) is 13.2. The Kier molecular flexibility index (Phi) is 2.40. The van der Waals surface area contributed by atoms with Gasteiger partial charge in [0.25, 0.3) is 0 Å². The topological polar surface area (TPSA) is 3.24 Å². The van der Waals surface area contributed by atoms with E-state index in [0.29, 0.717) is 0 Å². The molecule has 1 aliphatic rings. The number of rotatable bonds is 0. The Bertz CT molecular complexity index is 538. The van der Waals surface area contributed by atoms with E-state index in [4.69, 9.17) is 0 Å². The van der Waals surface area contributed by atoms with Crippen molar-refractivity contribution in [2.45, 2.75) is 23.6 Å². The fourth-order valence-electron chi connectivity index (χ4n) is 2.52. The van der Waals surface area contributed by atoms with Crippen LogP contribution in [0.25, 0.3) is 0 Å². The van der Waals surface area contributed by atoms with Gasteiger partial charge in [0.05, 0.1) is 11.4 Å². The lowest BCUT2D eigenvalue weighted by Crippen LogP contribution is -2.17. The lowest BCUT2D eigenvalue weighted by Gasteiger charge is -2.32. The highest BCUT2D eigenvalue weighted by Gasteiger charge is 2.22. The molecule has 0 fully saturated rings. The summed E-state index contributed by atoms with van der Waals surface area (Å²) in [5.41, 5.74) is 5.37. The van der Waals surface area contributed by atoms with Gasteiger partial charge in [0.2, 0.25) is 0 Å². The third-order valence-electron chi connectivity index (χ3n) is 3.29. The van der Waals surface area contributed by atoms with Crippen LogP contribution in [0.2, 0.25) is 0 Å². The first-order chi connectivity index (χ1) is 8.18. The number of anilines is 2. The summed E-state index contributed by atoms with van der Waals surface area (Å²) in [4.78, 5) is 5.03. The summed E-state index contributed by atoms with van der Waals surface area (Å²) in [7, 11) is 2.16. The maximum atomic E-state index is 2.33. The second-order valence-corrected chi connectivity index (χ2v) is 5.59. The summed E-state index contributed by atoms with van der Waals surface area (Å²) >= 11 is 1.87. The van der Waals surface area contributed by atoms with Crippen LogP contribution in [0.3, 0.4) is 0 Å². The van der Waals surface area contributed by atoms with E-state index in [1.807, 2.05) is 11.8 Å². The highest BCUT2D eigenvalue weighted by molar-refractivity contribution is 7.99. The summed E-state index contributed by atoms with van der Waals surface area (Å²) < 4.78 is 0. The van der Waals surface area contributed by atoms with Gasteiger partial charge in [-0.1, -0.05) is 36.0 Å². The molecule has 0 aromatic heterocycles. The Balaban J connectivity index is 2.26. The van der Waals surface area contributed by atoms with Crippen molar-refractivity contribution in [2.75, 3.05) is 11.9 Å². The molecule has 0 atom stereocenters. The fourth-order valence-corrected chi connectivity index (χ4v) is 3.84. The summed E-state index contributed by atoms with van der Waals surface area (Å²) in [6.45, 7) is 4.36. The highest BCUT2D eigenvalue weighted by Crippen LogP contribution is 2.49. The molecule has 86 valence electrons. The first-order valence-electron chi connectivity index (χ1n) is 5.79. The van der Waals surface area contributed by atoms with Crippen molar-refractivity contribution in [2.24, 2.45) is 0 Å². The predicted molar refractivity (Wildman–Crippen MR) is 74.5 cm³/mol. The zero-order valence-electron chi connectivity index (χ0n) is 10.3. The van der Waals surface area contributed by atoms with Gasteiger partial charge in [-0.25, -0.2) is 0 Å². The number of hydrogen-bond donors (Lipinski definition) is 0. The molecule has 0 bridgehead atoms. The lowest BCUT2D eigenvalue weighted by atomic mass is 10.1. The fraction of sp³-hybridized carbons (Fsp3) is 0.200. The molecule has 0 aliphatic carbocycles. The summed E-state index contributed by atoms with van der Waals surface area (Å²) in [6.07, 6.45) is 0. The van der Waals surface area contributed by atoms with Gasteiger partial charge in [-0.2, -0.15) is 0 Å². The van der Waals surface area contributed by atoms with E-state index in [2.05, 4.69) is 62.2 Å². The van der Waals surface area contributed by atoms with Crippen molar-refractivity contribution >= 4 is 23.1 Å². The highest BCUT2D eigenvalue weighted by atomic mass is 32.2. The zero-order valence-corrected chi connectivity index (χ0v) is 11.1. The average Bonchev–Trinajstić information content (AvgIpc) is 2.28. The van der Waals surface area contributed by atoms with Gasteiger partial charge in [-0.05, 0) is 37.1 Å². The molecule has 1 heterocycles. The lowest BCUT2D eigenvalue weighted by molar-refractivity contribution is 1.08. The van der Waals surface area contributed by atoms with E-state index in [1.54, 1.807) is 0 Å². The average molecular weight is 241 g/mol. The van der Waals surface area contributed by atoms with Crippen LogP contribution in [-0.4, -0.2) is 7.05 Å². The first-order valence-corrected chi connectivity index (χ1v) is 6.61. The maximum Gasteiger partial charge on any atom is 0.0579 e. The monoisotopic (exact) mass is 241 g/mol. The van der Waals surface area contributed by atoms with Crippen molar-refractivity contribution in [3.05, 3.63) is 47.5 Å². The third-order valence-corrected chi connectivity index (χ3v) is 4.39. The molecule has 3 rings (SSSR count). The van der Waals surface area contributed by atoms with E-state index in [-0.39, 0.29) is 0 Å². The number of nitrogens with zero attached hydrogens (tertiary/aromatic N) is 1. The van der Waals surface area contributed by atoms with Gasteiger partial charge in [0.1, 0.15) is 0 Å². The molecule has 1 nitrogen and oxygen atoms in total. The predicted octanol–water partition coefficient (Wildman–Crippen LogP) is 4.54. The molecule has 0 spiro atoms. The quantitative estimate of drug-likeness (QED) is 0.666. The summed E-state index contributed by atoms with van der Waals surface area (Å²) in [6, 6.07) is 13.0. The third kappa shape index (κ3) is 1.55. The molecule has 0 N–H and O–H groups in total. The molecule has 0 radical (unpaired) electrons. The summed E-state index contributed by atoms with van der Waals surface area (Å²) in [5, 5.41) is 0. The Morgan fingerprint density at radius 1 is 0.824 bits per heavy atom. The minimum Gasteiger partial charge on any atom is -0.342 e. The molecule has 0 saturated carbocycles. The molecular weight excluding hydrogens is 226 g/mol. The van der Waals surface area contributed by atoms with Gasteiger partial charge in [-0.3, -0.25) is 0 Å².